The average molecular weight is 409 g/mol. The van der Waals surface area contributed by atoms with Gasteiger partial charge in [-0.3, -0.25) is 4.74 Å². The summed E-state index contributed by atoms with van der Waals surface area (Å²) in [6, 6.07) is 7.59. The fourth-order valence-electron chi connectivity index (χ4n) is 6.69. The summed E-state index contributed by atoms with van der Waals surface area (Å²) in [5.41, 5.74) is 1.80. The summed E-state index contributed by atoms with van der Waals surface area (Å²) in [4.78, 5) is 0. The van der Waals surface area contributed by atoms with Crippen molar-refractivity contribution < 1.29 is 17.9 Å². The Balaban J connectivity index is 1.45. The van der Waals surface area contributed by atoms with Crippen molar-refractivity contribution in [2.45, 2.75) is 90.0 Å². The van der Waals surface area contributed by atoms with Gasteiger partial charge < -0.3 is 0 Å². The Labute approximate surface area is 173 Å². The van der Waals surface area contributed by atoms with Crippen LogP contribution in [-0.4, -0.2) is 6.36 Å². The molecular weight excluding hydrogens is 373 g/mol. The second-order valence-electron chi connectivity index (χ2n) is 9.80. The largest absolute Gasteiger partial charge is 0.523 e. The van der Waals surface area contributed by atoms with E-state index in [2.05, 4.69) is 6.92 Å². The van der Waals surface area contributed by atoms with Gasteiger partial charge in [0.1, 0.15) is 0 Å². The van der Waals surface area contributed by atoms with Crippen LogP contribution in [0, 0.1) is 29.6 Å². The molecule has 6 atom stereocenters. The Hall–Kier alpha value is -1.03. The van der Waals surface area contributed by atoms with E-state index in [-0.39, 0.29) is 5.92 Å². The highest BCUT2D eigenvalue weighted by Crippen LogP contribution is 2.52. The molecule has 2 saturated carbocycles. The fraction of sp³-hybridized carbons (Fsp3) is 0.760. The highest BCUT2D eigenvalue weighted by molar-refractivity contribution is 5.32. The van der Waals surface area contributed by atoms with Crippen molar-refractivity contribution in [1.29, 1.82) is 0 Å². The molecule has 0 amide bonds. The summed E-state index contributed by atoms with van der Waals surface area (Å²) in [5, 5.41) is 0. The number of ether oxygens (including phenoxy) is 1. The quantitative estimate of drug-likeness (QED) is 0.482. The fourth-order valence-corrected chi connectivity index (χ4v) is 6.69. The van der Waals surface area contributed by atoms with E-state index in [9.17, 15) is 13.2 Å². The van der Waals surface area contributed by atoms with Gasteiger partial charge in [-0.15, -0.1) is 13.2 Å². The smallest absolute Gasteiger partial charge is 0.283 e. The Morgan fingerprint density at radius 3 is 2.45 bits per heavy atom. The van der Waals surface area contributed by atoms with Crippen LogP contribution in [0.4, 0.5) is 13.2 Å². The number of hydrogen-bond donors (Lipinski definition) is 0. The molecule has 6 unspecified atom stereocenters. The molecule has 0 heterocycles. The molecule has 3 aliphatic rings. The van der Waals surface area contributed by atoms with Crippen LogP contribution < -0.4 is 0 Å². The van der Waals surface area contributed by atoms with Crippen LogP contribution >= 0.6 is 0 Å². The average Bonchev–Trinajstić information content (AvgIpc) is 2.71. The van der Waals surface area contributed by atoms with Crippen molar-refractivity contribution in [3.05, 3.63) is 35.4 Å². The third-order valence-corrected chi connectivity index (χ3v) is 8.09. The molecule has 4 heteroatoms. The van der Waals surface area contributed by atoms with Crippen molar-refractivity contribution in [3.63, 3.8) is 0 Å². The highest BCUT2D eigenvalue weighted by atomic mass is 19.4. The number of hydrogen-bond acceptors (Lipinski definition) is 1. The lowest BCUT2D eigenvalue weighted by Gasteiger charge is -2.46. The molecule has 0 aliphatic heterocycles. The number of halogens is 3. The van der Waals surface area contributed by atoms with Crippen LogP contribution in [0.1, 0.15) is 88.4 Å². The van der Waals surface area contributed by atoms with Gasteiger partial charge in [0.05, 0.1) is 6.10 Å². The Bertz CT molecular complexity index is 670. The van der Waals surface area contributed by atoms with Crippen LogP contribution in [0.2, 0.25) is 0 Å². The number of aryl methyl sites for hydroxylation is 1. The zero-order chi connectivity index (χ0) is 20.4. The molecule has 1 nitrogen and oxygen atoms in total. The summed E-state index contributed by atoms with van der Waals surface area (Å²) < 4.78 is 44.6. The highest BCUT2D eigenvalue weighted by Gasteiger charge is 2.45. The van der Waals surface area contributed by atoms with Gasteiger partial charge >= 0.3 is 6.36 Å². The Morgan fingerprint density at radius 2 is 1.66 bits per heavy atom. The molecule has 0 aromatic heterocycles. The molecule has 0 saturated heterocycles. The standard InChI is InChI=1S/C25H35F3O/c1-2-3-6-17-9-10-20-16-21(12-11-19(20)15-17)23-14-13-18-7-4-5-8-22(18)24(23)29-25(26,27)28/h4-5,7-8,17,19-21,23-24H,2-3,6,9-16H2,1H3. The third-order valence-electron chi connectivity index (χ3n) is 8.09. The predicted octanol–water partition coefficient (Wildman–Crippen LogP) is 7.85. The van der Waals surface area contributed by atoms with E-state index in [4.69, 9.17) is 4.74 Å². The van der Waals surface area contributed by atoms with Gasteiger partial charge in [-0.1, -0.05) is 56.9 Å². The van der Waals surface area contributed by atoms with Crippen molar-refractivity contribution in [1.82, 2.24) is 0 Å². The minimum Gasteiger partial charge on any atom is -0.283 e. The molecule has 1 aromatic carbocycles. The van der Waals surface area contributed by atoms with Crippen LogP contribution in [0.3, 0.4) is 0 Å². The molecule has 0 spiro atoms. The Morgan fingerprint density at radius 1 is 0.931 bits per heavy atom. The van der Waals surface area contributed by atoms with Crippen LogP contribution in [0.5, 0.6) is 0 Å². The lowest BCUT2D eigenvalue weighted by molar-refractivity contribution is -0.354. The van der Waals surface area contributed by atoms with Gasteiger partial charge in [0.25, 0.3) is 0 Å². The molecule has 0 bridgehead atoms. The number of fused-ring (bicyclic) bond motifs is 2. The normalized spacial score (nSPS) is 35.0. The minimum absolute atomic E-state index is 0.00899. The molecule has 1 aromatic rings. The van der Waals surface area contributed by atoms with Crippen molar-refractivity contribution in [2.24, 2.45) is 29.6 Å². The minimum atomic E-state index is -4.58. The summed E-state index contributed by atoms with van der Waals surface area (Å²) >= 11 is 0. The molecule has 162 valence electrons. The van der Waals surface area contributed by atoms with Gasteiger partial charge in [-0.25, -0.2) is 0 Å². The molecule has 2 fully saturated rings. The number of rotatable bonds is 5. The van der Waals surface area contributed by atoms with E-state index in [0.717, 1.165) is 54.6 Å². The zero-order valence-electron chi connectivity index (χ0n) is 17.6. The van der Waals surface area contributed by atoms with Gasteiger partial charge in [-0.2, -0.15) is 0 Å². The van der Waals surface area contributed by atoms with Crippen LogP contribution in [0.15, 0.2) is 24.3 Å². The number of alkyl halides is 3. The summed E-state index contributed by atoms with van der Waals surface area (Å²) in [6.07, 6.45) is 7.60. The van der Waals surface area contributed by atoms with E-state index in [1.165, 1.54) is 44.9 Å². The number of unbranched alkanes of at least 4 members (excludes halogenated alkanes) is 1. The predicted molar refractivity (Wildman–Crippen MR) is 109 cm³/mol. The lowest BCUT2D eigenvalue weighted by Crippen LogP contribution is -2.38. The second-order valence-corrected chi connectivity index (χ2v) is 9.80. The Kier molecular flexibility index (Phi) is 6.58. The summed E-state index contributed by atoms with van der Waals surface area (Å²) in [5.74, 6) is 2.76. The molecule has 0 radical (unpaired) electrons. The summed E-state index contributed by atoms with van der Waals surface area (Å²) in [6.45, 7) is 2.26. The van der Waals surface area contributed by atoms with Gasteiger partial charge in [0.15, 0.2) is 0 Å². The van der Waals surface area contributed by atoms with E-state index >= 15 is 0 Å². The van der Waals surface area contributed by atoms with Crippen molar-refractivity contribution in [3.8, 4) is 0 Å². The first-order valence-electron chi connectivity index (χ1n) is 11.8. The van der Waals surface area contributed by atoms with E-state index in [0.29, 0.717) is 5.92 Å². The van der Waals surface area contributed by atoms with Gasteiger partial charge in [0, 0.05) is 0 Å². The van der Waals surface area contributed by atoms with Crippen molar-refractivity contribution >= 4 is 0 Å². The summed E-state index contributed by atoms with van der Waals surface area (Å²) in [7, 11) is 0. The topological polar surface area (TPSA) is 9.23 Å². The van der Waals surface area contributed by atoms with Crippen LogP contribution in [-0.2, 0) is 11.2 Å². The van der Waals surface area contributed by atoms with Gasteiger partial charge in [-0.05, 0) is 85.7 Å². The molecular formula is C25H35F3O. The lowest BCUT2D eigenvalue weighted by atomic mass is 9.60. The third kappa shape index (κ3) is 5.00. The molecule has 0 N–H and O–H groups in total. The first-order valence-corrected chi connectivity index (χ1v) is 11.8. The molecule has 29 heavy (non-hydrogen) atoms. The zero-order valence-corrected chi connectivity index (χ0v) is 17.6. The maximum Gasteiger partial charge on any atom is 0.523 e. The number of benzene rings is 1. The monoisotopic (exact) mass is 408 g/mol. The molecule has 4 rings (SSSR count). The van der Waals surface area contributed by atoms with E-state index in [1.54, 1.807) is 0 Å². The van der Waals surface area contributed by atoms with Crippen molar-refractivity contribution in [2.75, 3.05) is 0 Å². The SMILES string of the molecule is CCCCC1CCC2CC(C3CCc4ccccc4C3OC(F)(F)F)CCC2C1. The maximum atomic E-state index is 13.3. The first-order chi connectivity index (χ1) is 13.9. The molecule has 3 aliphatic carbocycles. The van der Waals surface area contributed by atoms with E-state index < -0.39 is 12.5 Å². The second kappa shape index (κ2) is 8.99. The first kappa shape index (κ1) is 21.2. The van der Waals surface area contributed by atoms with Gasteiger partial charge in [0.2, 0.25) is 0 Å². The van der Waals surface area contributed by atoms with E-state index in [1.807, 2.05) is 24.3 Å². The van der Waals surface area contributed by atoms with Crippen LogP contribution in [0.25, 0.3) is 0 Å². The maximum absolute atomic E-state index is 13.3.